The predicted octanol–water partition coefficient (Wildman–Crippen LogP) is 2.60. The Morgan fingerprint density at radius 1 is 1.15 bits per heavy atom. The zero-order valence-corrected chi connectivity index (χ0v) is 12.8. The summed E-state index contributed by atoms with van der Waals surface area (Å²) in [6.45, 7) is 9.06. The molecule has 1 aliphatic rings. The molecule has 1 saturated carbocycles. The summed E-state index contributed by atoms with van der Waals surface area (Å²) in [6, 6.07) is 8.75. The number of rotatable bonds is 6. The number of nitrogens with one attached hydrogen (secondary N) is 2. The van der Waals surface area contributed by atoms with Crippen molar-refractivity contribution in [2.45, 2.75) is 45.6 Å². The molecule has 1 aliphatic carbocycles. The van der Waals surface area contributed by atoms with Gasteiger partial charge >= 0.3 is 0 Å². The Morgan fingerprint density at radius 2 is 1.80 bits per heavy atom. The van der Waals surface area contributed by atoms with E-state index in [4.69, 9.17) is 0 Å². The molecule has 0 heterocycles. The van der Waals surface area contributed by atoms with Gasteiger partial charge in [0, 0.05) is 25.6 Å². The first-order valence-electron chi connectivity index (χ1n) is 7.54. The highest BCUT2D eigenvalue weighted by Crippen LogP contribution is 2.28. The number of carbonyl (C=O) groups is 1. The van der Waals surface area contributed by atoms with E-state index in [0.29, 0.717) is 5.92 Å². The fourth-order valence-electron chi connectivity index (χ4n) is 2.12. The summed E-state index contributed by atoms with van der Waals surface area (Å²) >= 11 is 0. The Morgan fingerprint density at radius 3 is 2.35 bits per heavy atom. The molecule has 0 saturated heterocycles. The lowest BCUT2D eigenvalue weighted by Crippen LogP contribution is -2.32. The van der Waals surface area contributed by atoms with Crippen LogP contribution in [-0.2, 0) is 16.8 Å². The van der Waals surface area contributed by atoms with Crippen molar-refractivity contribution in [2.75, 3.05) is 13.1 Å². The van der Waals surface area contributed by atoms with Gasteiger partial charge in [0.2, 0.25) is 5.91 Å². The maximum atomic E-state index is 11.4. The Hall–Kier alpha value is -1.35. The molecule has 0 unspecified atom stereocenters. The summed E-state index contributed by atoms with van der Waals surface area (Å²) < 4.78 is 0. The van der Waals surface area contributed by atoms with Crippen LogP contribution >= 0.6 is 0 Å². The van der Waals surface area contributed by atoms with Crippen molar-refractivity contribution in [3.8, 4) is 0 Å². The predicted molar refractivity (Wildman–Crippen MR) is 82.6 cm³/mol. The van der Waals surface area contributed by atoms with E-state index in [0.717, 1.165) is 32.5 Å². The largest absolute Gasteiger partial charge is 0.355 e. The van der Waals surface area contributed by atoms with Crippen LogP contribution in [-0.4, -0.2) is 19.0 Å². The minimum atomic E-state index is 0.207. The average Bonchev–Trinajstić information content (AvgIpc) is 3.22. The van der Waals surface area contributed by atoms with Crippen molar-refractivity contribution in [1.29, 1.82) is 0 Å². The average molecular weight is 274 g/mol. The minimum absolute atomic E-state index is 0.207. The Kier molecular flexibility index (Phi) is 4.81. The SMILES string of the molecule is CC(C)(C)c1ccc(CNCCNC(=O)C2CC2)cc1. The lowest BCUT2D eigenvalue weighted by molar-refractivity contribution is -0.122. The van der Waals surface area contributed by atoms with Gasteiger partial charge in [0.25, 0.3) is 0 Å². The number of hydrogen-bond acceptors (Lipinski definition) is 2. The van der Waals surface area contributed by atoms with Crippen LogP contribution in [0.3, 0.4) is 0 Å². The molecule has 110 valence electrons. The van der Waals surface area contributed by atoms with Gasteiger partial charge in [-0.05, 0) is 29.4 Å². The second-order valence-corrected chi connectivity index (χ2v) is 6.69. The van der Waals surface area contributed by atoms with Gasteiger partial charge in [-0.1, -0.05) is 45.0 Å². The molecule has 1 aromatic rings. The molecule has 1 aromatic carbocycles. The third-order valence-electron chi connectivity index (χ3n) is 3.70. The maximum Gasteiger partial charge on any atom is 0.223 e. The summed E-state index contributed by atoms with van der Waals surface area (Å²) in [7, 11) is 0. The fourth-order valence-corrected chi connectivity index (χ4v) is 2.12. The van der Waals surface area contributed by atoms with Crippen LogP contribution in [0.4, 0.5) is 0 Å². The quantitative estimate of drug-likeness (QED) is 0.783. The minimum Gasteiger partial charge on any atom is -0.355 e. The van der Waals surface area contributed by atoms with E-state index < -0.39 is 0 Å². The van der Waals surface area contributed by atoms with Crippen LogP contribution in [0.5, 0.6) is 0 Å². The van der Waals surface area contributed by atoms with E-state index in [1.165, 1.54) is 11.1 Å². The summed E-state index contributed by atoms with van der Waals surface area (Å²) in [6.07, 6.45) is 2.14. The van der Waals surface area contributed by atoms with E-state index in [-0.39, 0.29) is 11.3 Å². The van der Waals surface area contributed by atoms with E-state index in [1.54, 1.807) is 0 Å². The summed E-state index contributed by atoms with van der Waals surface area (Å²) in [4.78, 5) is 11.4. The molecule has 3 nitrogen and oxygen atoms in total. The lowest BCUT2D eigenvalue weighted by Gasteiger charge is -2.19. The molecule has 0 spiro atoms. The first-order valence-corrected chi connectivity index (χ1v) is 7.54. The highest BCUT2D eigenvalue weighted by atomic mass is 16.2. The molecule has 3 heteroatoms. The van der Waals surface area contributed by atoms with Crippen LogP contribution in [0.15, 0.2) is 24.3 Å². The molecule has 0 bridgehead atoms. The Balaban J connectivity index is 1.65. The van der Waals surface area contributed by atoms with Gasteiger partial charge in [0.05, 0.1) is 0 Å². The van der Waals surface area contributed by atoms with Crippen molar-refractivity contribution in [2.24, 2.45) is 5.92 Å². The number of carbonyl (C=O) groups excluding carboxylic acids is 1. The Bertz CT molecular complexity index is 441. The van der Waals surface area contributed by atoms with Crippen molar-refractivity contribution < 1.29 is 4.79 Å². The van der Waals surface area contributed by atoms with Gasteiger partial charge < -0.3 is 10.6 Å². The number of hydrogen-bond donors (Lipinski definition) is 2. The first kappa shape index (κ1) is 15.0. The van der Waals surface area contributed by atoms with Crippen molar-refractivity contribution >= 4 is 5.91 Å². The summed E-state index contributed by atoms with van der Waals surface area (Å²) in [5.41, 5.74) is 2.85. The first-order chi connectivity index (χ1) is 9.47. The maximum absolute atomic E-state index is 11.4. The highest BCUT2D eigenvalue weighted by molar-refractivity contribution is 5.80. The molecular weight excluding hydrogens is 248 g/mol. The molecule has 1 amide bonds. The monoisotopic (exact) mass is 274 g/mol. The molecule has 0 aromatic heterocycles. The van der Waals surface area contributed by atoms with Crippen molar-refractivity contribution in [3.05, 3.63) is 35.4 Å². The molecule has 0 atom stereocenters. The second kappa shape index (κ2) is 6.40. The van der Waals surface area contributed by atoms with E-state index >= 15 is 0 Å². The van der Waals surface area contributed by atoms with Gasteiger partial charge in [-0.2, -0.15) is 0 Å². The van der Waals surface area contributed by atoms with Gasteiger partial charge in [-0.25, -0.2) is 0 Å². The molecule has 1 fully saturated rings. The van der Waals surface area contributed by atoms with Crippen LogP contribution in [0.1, 0.15) is 44.7 Å². The number of amides is 1. The third-order valence-corrected chi connectivity index (χ3v) is 3.70. The summed E-state index contributed by atoms with van der Waals surface area (Å²) in [5, 5.41) is 6.32. The topological polar surface area (TPSA) is 41.1 Å². The Labute approximate surface area is 122 Å². The molecular formula is C17H26N2O. The van der Waals surface area contributed by atoms with Crippen LogP contribution < -0.4 is 10.6 Å². The standard InChI is InChI=1S/C17H26N2O/c1-17(2,3)15-8-4-13(5-9-15)12-18-10-11-19-16(20)14-6-7-14/h4-5,8-9,14,18H,6-7,10-12H2,1-3H3,(H,19,20). The van der Waals surface area contributed by atoms with Gasteiger partial charge in [0.15, 0.2) is 0 Å². The van der Waals surface area contributed by atoms with E-state index in [1.807, 2.05) is 0 Å². The van der Waals surface area contributed by atoms with E-state index in [9.17, 15) is 4.79 Å². The molecule has 0 aliphatic heterocycles. The van der Waals surface area contributed by atoms with Crippen molar-refractivity contribution in [3.63, 3.8) is 0 Å². The van der Waals surface area contributed by atoms with Crippen molar-refractivity contribution in [1.82, 2.24) is 10.6 Å². The fraction of sp³-hybridized carbons (Fsp3) is 0.588. The summed E-state index contributed by atoms with van der Waals surface area (Å²) in [5.74, 6) is 0.529. The van der Waals surface area contributed by atoms with Crippen LogP contribution in [0.25, 0.3) is 0 Å². The zero-order valence-electron chi connectivity index (χ0n) is 12.8. The third kappa shape index (κ3) is 4.64. The van der Waals surface area contributed by atoms with Gasteiger partial charge in [-0.3, -0.25) is 4.79 Å². The molecule has 20 heavy (non-hydrogen) atoms. The zero-order chi connectivity index (χ0) is 14.6. The molecule has 0 radical (unpaired) electrons. The smallest absolute Gasteiger partial charge is 0.223 e. The van der Waals surface area contributed by atoms with Gasteiger partial charge in [0.1, 0.15) is 0 Å². The van der Waals surface area contributed by atoms with Crippen LogP contribution in [0.2, 0.25) is 0 Å². The highest BCUT2D eigenvalue weighted by Gasteiger charge is 2.28. The van der Waals surface area contributed by atoms with Crippen LogP contribution in [0, 0.1) is 5.92 Å². The number of benzene rings is 1. The lowest BCUT2D eigenvalue weighted by atomic mass is 9.87. The normalized spacial score (nSPS) is 15.2. The molecule has 2 N–H and O–H groups in total. The van der Waals surface area contributed by atoms with Gasteiger partial charge in [-0.15, -0.1) is 0 Å². The van der Waals surface area contributed by atoms with E-state index in [2.05, 4.69) is 55.7 Å². The second-order valence-electron chi connectivity index (χ2n) is 6.69. The molecule has 2 rings (SSSR count).